The molecule has 2 aliphatic rings. The van der Waals surface area contributed by atoms with Crippen molar-refractivity contribution in [2.75, 3.05) is 20.1 Å². The quantitative estimate of drug-likeness (QED) is 0.885. The number of benzene rings is 1. The second kappa shape index (κ2) is 6.22. The molecule has 3 atom stereocenters. The zero-order valence-corrected chi connectivity index (χ0v) is 14.2. The lowest BCUT2D eigenvalue weighted by atomic mass is 10.0. The Morgan fingerprint density at radius 2 is 2.17 bits per heavy atom. The molecule has 1 amide bonds. The average Bonchev–Trinajstić information content (AvgIpc) is 3.05. The van der Waals surface area contributed by atoms with Gasteiger partial charge in [-0.1, -0.05) is 12.1 Å². The molecule has 0 bridgehead atoms. The molecule has 7 heteroatoms. The zero-order valence-electron chi connectivity index (χ0n) is 13.4. The first-order valence-corrected chi connectivity index (χ1v) is 9.27. The summed E-state index contributed by atoms with van der Waals surface area (Å²) < 4.78 is 32.8. The van der Waals surface area contributed by atoms with E-state index in [2.05, 4.69) is 5.32 Å². The fourth-order valence-corrected chi connectivity index (χ4v) is 5.00. The minimum absolute atomic E-state index is 0.0424. The molecule has 0 aromatic heterocycles. The Labute approximate surface area is 136 Å². The number of hydrogen-bond acceptors (Lipinski definition) is 4. The van der Waals surface area contributed by atoms with Crippen LogP contribution in [0.3, 0.4) is 0 Å². The van der Waals surface area contributed by atoms with E-state index < -0.39 is 10.0 Å². The number of ether oxygens (including phenoxy) is 1. The number of rotatable bonds is 4. The van der Waals surface area contributed by atoms with Crippen LogP contribution in [0.5, 0.6) is 0 Å². The number of fused-ring (bicyclic) bond motifs is 1. The van der Waals surface area contributed by atoms with Crippen molar-refractivity contribution in [2.45, 2.75) is 36.9 Å². The second-order valence-corrected chi connectivity index (χ2v) is 8.25. The molecule has 3 rings (SSSR count). The SMILES string of the molecule is CNC(=O)C[C@H]1C[C@H]2CN(S(=O)(=O)c3cccc(C)c3)C[C@H]2O1. The van der Waals surface area contributed by atoms with Gasteiger partial charge in [-0.2, -0.15) is 4.31 Å². The van der Waals surface area contributed by atoms with Crippen LogP contribution in [-0.2, 0) is 19.6 Å². The predicted molar refractivity (Wildman–Crippen MR) is 85.4 cm³/mol. The van der Waals surface area contributed by atoms with Crippen molar-refractivity contribution < 1.29 is 17.9 Å². The van der Waals surface area contributed by atoms with Crippen LogP contribution in [0, 0.1) is 12.8 Å². The predicted octanol–water partition coefficient (Wildman–Crippen LogP) is 0.909. The monoisotopic (exact) mass is 338 g/mol. The Bertz CT molecular complexity index is 690. The standard InChI is InChI=1S/C16H22N2O4S/c1-11-4-3-5-14(6-11)23(20,21)18-9-12-7-13(8-16(19)17-2)22-15(12)10-18/h3-6,12-13,15H,7-10H2,1-2H3,(H,17,19)/t12-,13+,15+/m0/s1. The summed E-state index contributed by atoms with van der Waals surface area (Å²) in [6, 6.07) is 6.96. The van der Waals surface area contributed by atoms with E-state index in [-0.39, 0.29) is 24.0 Å². The summed E-state index contributed by atoms with van der Waals surface area (Å²) in [6.07, 6.45) is 0.865. The lowest BCUT2D eigenvalue weighted by Crippen LogP contribution is -2.32. The van der Waals surface area contributed by atoms with E-state index in [9.17, 15) is 13.2 Å². The van der Waals surface area contributed by atoms with Crippen LogP contribution in [0.1, 0.15) is 18.4 Å². The highest BCUT2D eigenvalue weighted by Gasteiger charge is 2.46. The van der Waals surface area contributed by atoms with Crippen molar-refractivity contribution >= 4 is 15.9 Å². The minimum Gasteiger partial charge on any atom is -0.373 e. The third-order valence-electron chi connectivity index (χ3n) is 4.60. The van der Waals surface area contributed by atoms with Crippen molar-refractivity contribution in [1.82, 2.24) is 9.62 Å². The second-order valence-electron chi connectivity index (χ2n) is 6.31. The Kier molecular flexibility index (Phi) is 4.44. The maximum absolute atomic E-state index is 12.7. The van der Waals surface area contributed by atoms with Crippen molar-refractivity contribution in [3.05, 3.63) is 29.8 Å². The van der Waals surface area contributed by atoms with Crippen LogP contribution in [0.25, 0.3) is 0 Å². The smallest absolute Gasteiger partial charge is 0.243 e. The van der Waals surface area contributed by atoms with Gasteiger partial charge >= 0.3 is 0 Å². The van der Waals surface area contributed by atoms with Gasteiger partial charge < -0.3 is 10.1 Å². The lowest BCUT2D eigenvalue weighted by Gasteiger charge is -2.19. The zero-order chi connectivity index (χ0) is 16.6. The number of carbonyl (C=O) groups excluding carboxylic acids is 1. The fraction of sp³-hybridized carbons (Fsp3) is 0.562. The van der Waals surface area contributed by atoms with Gasteiger partial charge in [0.2, 0.25) is 15.9 Å². The van der Waals surface area contributed by atoms with Crippen LogP contribution < -0.4 is 5.32 Å². The summed E-state index contributed by atoms with van der Waals surface area (Å²) >= 11 is 0. The Balaban J connectivity index is 1.67. The van der Waals surface area contributed by atoms with Crippen LogP contribution in [0.15, 0.2) is 29.2 Å². The van der Waals surface area contributed by atoms with Gasteiger partial charge in [0.1, 0.15) is 0 Å². The van der Waals surface area contributed by atoms with Gasteiger partial charge in [0.15, 0.2) is 0 Å². The third-order valence-corrected chi connectivity index (χ3v) is 6.43. The van der Waals surface area contributed by atoms with Crippen molar-refractivity contribution in [3.63, 3.8) is 0 Å². The molecule has 1 N–H and O–H groups in total. The van der Waals surface area contributed by atoms with E-state index in [1.807, 2.05) is 13.0 Å². The minimum atomic E-state index is -3.47. The molecule has 1 aromatic carbocycles. The molecule has 1 aromatic rings. The molecule has 0 aliphatic carbocycles. The van der Waals surface area contributed by atoms with Crippen molar-refractivity contribution in [1.29, 1.82) is 0 Å². The molecule has 2 saturated heterocycles. The molecular formula is C16H22N2O4S. The van der Waals surface area contributed by atoms with E-state index in [1.54, 1.807) is 25.2 Å². The molecule has 0 spiro atoms. The van der Waals surface area contributed by atoms with Crippen molar-refractivity contribution in [2.24, 2.45) is 5.92 Å². The first kappa shape index (κ1) is 16.4. The molecular weight excluding hydrogens is 316 g/mol. The summed E-state index contributed by atoms with van der Waals surface area (Å²) in [6.45, 7) is 2.71. The van der Waals surface area contributed by atoms with Crippen LogP contribution in [0.2, 0.25) is 0 Å². The Hall–Kier alpha value is -1.44. The summed E-state index contributed by atoms with van der Waals surface area (Å²) in [5, 5.41) is 2.59. The van der Waals surface area contributed by atoms with E-state index >= 15 is 0 Å². The number of carbonyl (C=O) groups is 1. The van der Waals surface area contributed by atoms with E-state index in [0.717, 1.165) is 12.0 Å². The third kappa shape index (κ3) is 3.27. The van der Waals surface area contributed by atoms with Gasteiger partial charge in [-0.05, 0) is 31.0 Å². The maximum Gasteiger partial charge on any atom is 0.243 e. The maximum atomic E-state index is 12.7. The normalized spacial score (nSPS) is 27.8. The van der Waals surface area contributed by atoms with E-state index in [1.165, 1.54) is 4.31 Å². The Morgan fingerprint density at radius 1 is 1.39 bits per heavy atom. The van der Waals surface area contributed by atoms with Gasteiger partial charge in [0.05, 0.1) is 23.5 Å². The van der Waals surface area contributed by atoms with Gasteiger partial charge in [-0.25, -0.2) is 8.42 Å². The topological polar surface area (TPSA) is 75.7 Å². The summed E-state index contributed by atoms with van der Waals surface area (Å²) in [7, 11) is -1.87. The van der Waals surface area contributed by atoms with Gasteiger partial charge in [0, 0.05) is 26.1 Å². The van der Waals surface area contributed by atoms with Gasteiger partial charge in [-0.15, -0.1) is 0 Å². The van der Waals surface area contributed by atoms with Crippen molar-refractivity contribution in [3.8, 4) is 0 Å². The number of hydrogen-bond donors (Lipinski definition) is 1. The van der Waals surface area contributed by atoms with Crippen LogP contribution >= 0.6 is 0 Å². The molecule has 126 valence electrons. The Morgan fingerprint density at radius 3 is 2.83 bits per heavy atom. The molecule has 2 aliphatic heterocycles. The van der Waals surface area contributed by atoms with E-state index in [0.29, 0.717) is 24.4 Å². The molecule has 0 radical (unpaired) electrons. The average molecular weight is 338 g/mol. The summed E-state index contributed by atoms with van der Waals surface area (Å²) in [5.41, 5.74) is 0.923. The largest absolute Gasteiger partial charge is 0.373 e. The van der Waals surface area contributed by atoms with Crippen LogP contribution in [0.4, 0.5) is 0 Å². The highest BCUT2D eigenvalue weighted by Crippen LogP contribution is 2.36. The number of nitrogens with zero attached hydrogens (tertiary/aromatic N) is 1. The number of amides is 1. The first-order valence-electron chi connectivity index (χ1n) is 7.83. The summed E-state index contributed by atoms with van der Waals surface area (Å²) in [4.78, 5) is 11.8. The molecule has 6 nitrogen and oxygen atoms in total. The number of aryl methyl sites for hydroxylation is 1. The first-order chi connectivity index (χ1) is 10.9. The number of sulfonamides is 1. The van der Waals surface area contributed by atoms with Gasteiger partial charge in [-0.3, -0.25) is 4.79 Å². The summed E-state index contributed by atoms with van der Waals surface area (Å²) in [5.74, 6) is 0.128. The molecule has 0 saturated carbocycles. The highest BCUT2D eigenvalue weighted by molar-refractivity contribution is 7.89. The molecule has 2 heterocycles. The van der Waals surface area contributed by atoms with Crippen LogP contribution in [-0.4, -0.2) is 51.0 Å². The molecule has 23 heavy (non-hydrogen) atoms. The van der Waals surface area contributed by atoms with E-state index in [4.69, 9.17) is 4.74 Å². The lowest BCUT2D eigenvalue weighted by molar-refractivity contribution is -0.123. The number of nitrogens with one attached hydrogen (secondary N) is 1. The molecule has 0 unspecified atom stereocenters. The fourth-order valence-electron chi connectivity index (χ4n) is 3.39. The van der Waals surface area contributed by atoms with Gasteiger partial charge in [0.25, 0.3) is 0 Å². The highest BCUT2D eigenvalue weighted by atomic mass is 32.2. The molecule has 2 fully saturated rings.